The Morgan fingerprint density at radius 1 is 1.30 bits per heavy atom. The van der Waals surface area contributed by atoms with Crippen LogP contribution in [0.3, 0.4) is 0 Å². The van der Waals surface area contributed by atoms with Crippen molar-refractivity contribution in [1.82, 2.24) is 19.5 Å². The van der Waals surface area contributed by atoms with Crippen LogP contribution in [0.15, 0.2) is 30.9 Å². The van der Waals surface area contributed by atoms with Gasteiger partial charge in [-0.1, -0.05) is 11.6 Å². The first-order valence-corrected chi connectivity index (χ1v) is 6.30. The van der Waals surface area contributed by atoms with Crippen LogP contribution in [0.25, 0.3) is 11.2 Å². The van der Waals surface area contributed by atoms with E-state index >= 15 is 0 Å². The maximum Gasteiger partial charge on any atom is 0.165 e. The average Bonchev–Trinajstić information content (AvgIpc) is 2.84. The molecule has 2 N–H and O–H groups in total. The molecule has 0 amide bonds. The second kappa shape index (κ2) is 4.97. The number of nitrogens with two attached hydrogens (primary N) is 1. The molecule has 0 saturated heterocycles. The number of ether oxygens (including phenoxy) is 1. The van der Waals surface area contributed by atoms with Crippen molar-refractivity contribution >= 4 is 28.6 Å². The lowest BCUT2D eigenvalue weighted by molar-refractivity contribution is 0.408. The lowest BCUT2D eigenvalue weighted by Gasteiger charge is -2.10. The largest absolute Gasteiger partial charge is 0.496 e. The third-order valence-corrected chi connectivity index (χ3v) is 3.25. The molecule has 0 fully saturated rings. The number of rotatable bonds is 3. The second-order valence-corrected chi connectivity index (χ2v) is 4.70. The summed E-state index contributed by atoms with van der Waals surface area (Å²) in [6, 6.07) is 5.48. The van der Waals surface area contributed by atoms with Crippen LogP contribution in [0.1, 0.15) is 5.56 Å². The van der Waals surface area contributed by atoms with Gasteiger partial charge in [-0.2, -0.15) is 0 Å². The number of imidazole rings is 1. The van der Waals surface area contributed by atoms with Crippen molar-refractivity contribution in [3.05, 3.63) is 41.4 Å². The molecule has 7 heteroatoms. The number of nitrogen functional groups attached to an aromatic ring is 1. The third-order valence-electron chi connectivity index (χ3n) is 3.01. The van der Waals surface area contributed by atoms with Crippen LogP contribution in [0, 0.1) is 0 Å². The number of aromatic nitrogens is 4. The molecule has 0 spiro atoms. The van der Waals surface area contributed by atoms with E-state index in [4.69, 9.17) is 22.1 Å². The molecule has 2 heterocycles. The number of benzene rings is 1. The molecule has 0 atom stereocenters. The van der Waals surface area contributed by atoms with E-state index in [1.807, 2.05) is 16.7 Å². The first-order valence-electron chi connectivity index (χ1n) is 5.93. The number of halogens is 1. The summed E-state index contributed by atoms with van der Waals surface area (Å²) in [5.41, 5.74) is 7.98. The fourth-order valence-corrected chi connectivity index (χ4v) is 2.26. The van der Waals surface area contributed by atoms with Crippen LogP contribution in [0.5, 0.6) is 5.75 Å². The molecule has 3 rings (SSSR count). The minimum atomic E-state index is 0.367. The molecule has 0 unspecified atom stereocenters. The van der Waals surface area contributed by atoms with Gasteiger partial charge < -0.3 is 15.0 Å². The van der Waals surface area contributed by atoms with Gasteiger partial charge in [0.25, 0.3) is 0 Å². The topological polar surface area (TPSA) is 78.9 Å². The summed E-state index contributed by atoms with van der Waals surface area (Å²) in [6.07, 6.45) is 3.10. The molecular formula is C13H12ClN5O. The monoisotopic (exact) mass is 289 g/mol. The zero-order valence-electron chi connectivity index (χ0n) is 10.7. The zero-order chi connectivity index (χ0) is 14.1. The van der Waals surface area contributed by atoms with Crippen LogP contribution in [0.4, 0.5) is 5.82 Å². The second-order valence-electron chi connectivity index (χ2n) is 4.26. The van der Waals surface area contributed by atoms with Crippen molar-refractivity contribution < 1.29 is 4.74 Å². The SMILES string of the molecule is COc1ccc(Cl)cc1Cn1cnc2c(N)ncnc21. The van der Waals surface area contributed by atoms with Crippen molar-refractivity contribution in [2.24, 2.45) is 0 Å². The quantitative estimate of drug-likeness (QED) is 0.799. The highest BCUT2D eigenvalue weighted by molar-refractivity contribution is 6.30. The van der Waals surface area contributed by atoms with Crippen molar-refractivity contribution in [3.8, 4) is 5.75 Å². The predicted octanol–water partition coefficient (Wildman–Crippen LogP) is 2.12. The third kappa shape index (κ3) is 2.14. The maximum absolute atomic E-state index is 6.03. The molecule has 1 aromatic carbocycles. The van der Waals surface area contributed by atoms with Crippen molar-refractivity contribution in [2.75, 3.05) is 12.8 Å². The van der Waals surface area contributed by atoms with Gasteiger partial charge >= 0.3 is 0 Å². The van der Waals surface area contributed by atoms with E-state index in [-0.39, 0.29) is 0 Å². The molecule has 0 aliphatic carbocycles. The summed E-state index contributed by atoms with van der Waals surface area (Å²) in [6.45, 7) is 0.538. The number of hydrogen-bond donors (Lipinski definition) is 1. The number of anilines is 1. The van der Waals surface area contributed by atoms with Crippen LogP contribution in [-0.4, -0.2) is 26.6 Å². The number of hydrogen-bond acceptors (Lipinski definition) is 5. The first-order chi connectivity index (χ1) is 9.69. The summed E-state index contributed by atoms with van der Waals surface area (Å²) < 4.78 is 7.21. The Kier molecular flexibility index (Phi) is 3.15. The zero-order valence-corrected chi connectivity index (χ0v) is 11.5. The Morgan fingerprint density at radius 2 is 2.15 bits per heavy atom. The number of fused-ring (bicyclic) bond motifs is 1. The Bertz CT molecular complexity index is 771. The lowest BCUT2D eigenvalue weighted by Crippen LogP contribution is -2.02. The first kappa shape index (κ1) is 12.7. The molecule has 102 valence electrons. The molecule has 2 aromatic heterocycles. The highest BCUT2D eigenvalue weighted by Gasteiger charge is 2.10. The normalized spacial score (nSPS) is 10.9. The van der Waals surface area contributed by atoms with E-state index < -0.39 is 0 Å². The van der Waals surface area contributed by atoms with Gasteiger partial charge in [-0.25, -0.2) is 15.0 Å². The van der Waals surface area contributed by atoms with Crippen LogP contribution in [-0.2, 0) is 6.54 Å². The molecule has 0 bridgehead atoms. The summed E-state index contributed by atoms with van der Waals surface area (Å²) >= 11 is 6.03. The van der Waals surface area contributed by atoms with Gasteiger partial charge in [0.15, 0.2) is 11.5 Å². The van der Waals surface area contributed by atoms with E-state index in [1.165, 1.54) is 6.33 Å². The van der Waals surface area contributed by atoms with Crippen LogP contribution in [0.2, 0.25) is 5.02 Å². The number of methoxy groups -OCH3 is 1. The average molecular weight is 290 g/mol. The minimum absolute atomic E-state index is 0.367. The highest BCUT2D eigenvalue weighted by atomic mass is 35.5. The molecule has 6 nitrogen and oxygen atoms in total. The van der Waals surface area contributed by atoms with Gasteiger partial charge in [-0.05, 0) is 18.2 Å². The van der Waals surface area contributed by atoms with Gasteiger partial charge in [0.1, 0.15) is 17.6 Å². The van der Waals surface area contributed by atoms with Crippen LogP contribution >= 0.6 is 11.6 Å². The minimum Gasteiger partial charge on any atom is -0.496 e. The van der Waals surface area contributed by atoms with Gasteiger partial charge in [0.05, 0.1) is 20.0 Å². The smallest absolute Gasteiger partial charge is 0.165 e. The van der Waals surface area contributed by atoms with Crippen molar-refractivity contribution in [1.29, 1.82) is 0 Å². The maximum atomic E-state index is 6.03. The van der Waals surface area contributed by atoms with Gasteiger partial charge in [-0.15, -0.1) is 0 Å². The molecule has 3 aromatic rings. The molecule has 0 aliphatic heterocycles. The molecule has 0 radical (unpaired) electrons. The molecule has 20 heavy (non-hydrogen) atoms. The summed E-state index contributed by atoms with van der Waals surface area (Å²) in [5, 5.41) is 0.652. The van der Waals surface area contributed by atoms with E-state index in [9.17, 15) is 0 Å². The van der Waals surface area contributed by atoms with Crippen molar-refractivity contribution in [3.63, 3.8) is 0 Å². The number of nitrogens with zero attached hydrogens (tertiary/aromatic N) is 4. The molecule has 0 aliphatic rings. The predicted molar refractivity (Wildman–Crippen MR) is 76.8 cm³/mol. The van der Waals surface area contributed by atoms with Gasteiger partial charge in [0, 0.05) is 10.6 Å². The fraction of sp³-hybridized carbons (Fsp3) is 0.154. The molecule has 0 saturated carbocycles. The Labute approximate surface area is 120 Å². The summed E-state index contributed by atoms with van der Waals surface area (Å²) in [5.74, 6) is 1.13. The van der Waals surface area contributed by atoms with E-state index in [0.29, 0.717) is 28.5 Å². The molecular weight excluding hydrogens is 278 g/mol. The summed E-state index contributed by atoms with van der Waals surface area (Å²) in [7, 11) is 1.62. The fourth-order valence-electron chi connectivity index (χ4n) is 2.07. The lowest BCUT2D eigenvalue weighted by atomic mass is 10.2. The van der Waals surface area contributed by atoms with E-state index in [1.54, 1.807) is 19.5 Å². The summed E-state index contributed by atoms with van der Waals surface area (Å²) in [4.78, 5) is 12.4. The standard InChI is InChI=1S/C13H12ClN5O/c1-20-10-3-2-9(14)4-8(10)5-19-7-18-11-12(15)16-6-17-13(11)19/h2-4,6-7H,5H2,1H3,(H2,15,16,17). The van der Waals surface area contributed by atoms with E-state index in [2.05, 4.69) is 15.0 Å². The Hall–Kier alpha value is -2.34. The van der Waals surface area contributed by atoms with Crippen LogP contribution < -0.4 is 10.5 Å². The van der Waals surface area contributed by atoms with Gasteiger partial charge in [-0.3, -0.25) is 0 Å². The van der Waals surface area contributed by atoms with Gasteiger partial charge in [0.2, 0.25) is 0 Å². The Morgan fingerprint density at radius 3 is 2.95 bits per heavy atom. The van der Waals surface area contributed by atoms with Crippen molar-refractivity contribution in [2.45, 2.75) is 6.54 Å². The highest BCUT2D eigenvalue weighted by Crippen LogP contribution is 2.25. The Balaban J connectivity index is 2.06. The van der Waals surface area contributed by atoms with E-state index in [0.717, 1.165) is 11.3 Å².